The quantitative estimate of drug-likeness (QED) is 0.301. The molecule has 2 aromatic heterocycles. The summed E-state index contributed by atoms with van der Waals surface area (Å²) in [6, 6.07) is 16.5. The Balaban J connectivity index is 1.03. The predicted molar refractivity (Wildman–Crippen MR) is 157 cm³/mol. The third-order valence-electron chi connectivity index (χ3n) is 8.71. The number of H-pyrrole nitrogens is 2. The summed E-state index contributed by atoms with van der Waals surface area (Å²) in [6.45, 7) is 7.20. The number of piperidine rings is 1. The molecule has 9 heteroatoms. The Kier molecular flexibility index (Phi) is 8.16. The highest BCUT2D eigenvalue weighted by Gasteiger charge is 2.40. The molecule has 0 saturated carbocycles. The molecule has 0 radical (unpaired) electrons. The molecule has 9 nitrogen and oxygen atoms in total. The molecule has 0 atom stereocenters. The summed E-state index contributed by atoms with van der Waals surface area (Å²) in [5.74, 6) is 2.44. The molecule has 1 spiro atoms. The Hall–Kier alpha value is -3.95. The van der Waals surface area contributed by atoms with Gasteiger partial charge in [0.05, 0.1) is 20.2 Å². The number of imidazole rings is 2. The summed E-state index contributed by atoms with van der Waals surface area (Å²) >= 11 is 0. The molecule has 214 valence electrons. The van der Waals surface area contributed by atoms with Gasteiger partial charge in [-0.1, -0.05) is 30.3 Å². The first-order chi connectivity index (χ1) is 20.1. The first-order valence-electron chi connectivity index (χ1n) is 14.5. The monoisotopic (exact) mass is 553 g/mol. The zero-order chi connectivity index (χ0) is 28.1. The van der Waals surface area contributed by atoms with Crippen molar-refractivity contribution < 1.29 is 9.53 Å². The van der Waals surface area contributed by atoms with E-state index in [1.165, 1.54) is 30.4 Å². The molecule has 4 aromatic rings. The summed E-state index contributed by atoms with van der Waals surface area (Å²) in [5.41, 5.74) is 3.61. The number of rotatable bonds is 10. The van der Waals surface area contributed by atoms with E-state index in [0.717, 1.165) is 56.7 Å². The summed E-state index contributed by atoms with van der Waals surface area (Å²) in [4.78, 5) is 35.2. The molecule has 2 aliphatic rings. The van der Waals surface area contributed by atoms with Crippen molar-refractivity contribution in [2.75, 3.05) is 33.3 Å². The number of carbonyl (C=O) groups excluding carboxylic acids is 1. The highest BCUT2D eigenvalue weighted by molar-refractivity contribution is 5.94. The second-order valence-corrected chi connectivity index (χ2v) is 11.5. The van der Waals surface area contributed by atoms with Gasteiger partial charge in [0.15, 0.2) is 0 Å². The molecule has 0 aliphatic carbocycles. The number of nitrogens with zero attached hydrogens (tertiary/aromatic N) is 5. The number of likely N-dealkylation sites (tertiary alicyclic amines) is 2. The van der Waals surface area contributed by atoms with E-state index in [4.69, 9.17) is 4.74 Å². The average molecular weight is 554 g/mol. The Morgan fingerprint density at radius 2 is 1.51 bits per heavy atom. The van der Waals surface area contributed by atoms with E-state index in [1.807, 2.05) is 18.2 Å². The van der Waals surface area contributed by atoms with Crippen molar-refractivity contribution in [3.05, 3.63) is 102 Å². The third-order valence-corrected chi connectivity index (χ3v) is 8.71. The Morgan fingerprint density at radius 1 is 0.878 bits per heavy atom. The van der Waals surface area contributed by atoms with Crippen molar-refractivity contribution in [2.45, 2.75) is 45.4 Å². The lowest BCUT2D eigenvalue weighted by Crippen LogP contribution is -2.41. The Labute approximate surface area is 241 Å². The lowest BCUT2D eigenvalue weighted by atomic mass is 9.77. The van der Waals surface area contributed by atoms with Gasteiger partial charge < -0.3 is 19.6 Å². The minimum absolute atomic E-state index is 0.0376. The molecule has 6 rings (SSSR count). The maximum absolute atomic E-state index is 13.5. The second kappa shape index (κ2) is 12.3. The zero-order valence-corrected chi connectivity index (χ0v) is 23.8. The van der Waals surface area contributed by atoms with Crippen LogP contribution in [0.5, 0.6) is 5.75 Å². The number of para-hydroxylation sites is 1. The van der Waals surface area contributed by atoms with Gasteiger partial charge in [-0.05, 0) is 68.1 Å². The van der Waals surface area contributed by atoms with Gasteiger partial charge in [0.2, 0.25) is 0 Å². The molecule has 0 unspecified atom stereocenters. The minimum atomic E-state index is -0.0376. The van der Waals surface area contributed by atoms with Crippen molar-refractivity contribution in [2.24, 2.45) is 5.41 Å². The minimum Gasteiger partial charge on any atom is -0.496 e. The normalized spacial score (nSPS) is 17.2. The summed E-state index contributed by atoms with van der Waals surface area (Å²) < 4.78 is 5.56. The standard InChI is InChI=1S/C32H39N7O2/c1-41-28-5-3-2-4-27(28)21-37-17-10-32(11-18-37)12-19-38(24-32)20-25-6-8-26(9-7-25)31(40)39(22-29-33-13-14-34-29)23-30-35-15-16-36-30/h2-9,13-16H,10-12,17-24H2,1H3,(H,33,34)(H,35,36). The Morgan fingerprint density at radius 3 is 2.12 bits per heavy atom. The molecule has 2 saturated heterocycles. The first kappa shape index (κ1) is 27.2. The van der Waals surface area contributed by atoms with Gasteiger partial charge in [-0.3, -0.25) is 14.6 Å². The Bertz CT molecular complexity index is 1360. The van der Waals surface area contributed by atoms with Crippen LogP contribution in [0, 0.1) is 5.41 Å². The number of carbonyl (C=O) groups is 1. The van der Waals surface area contributed by atoms with E-state index in [2.05, 4.69) is 60.1 Å². The fourth-order valence-corrected chi connectivity index (χ4v) is 6.35. The number of nitrogens with one attached hydrogen (secondary N) is 2. The maximum atomic E-state index is 13.5. The number of aromatic amines is 2. The largest absolute Gasteiger partial charge is 0.496 e. The van der Waals surface area contributed by atoms with Crippen LogP contribution < -0.4 is 4.74 Å². The van der Waals surface area contributed by atoms with Gasteiger partial charge >= 0.3 is 0 Å². The lowest BCUT2D eigenvalue weighted by molar-refractivity contribution is 0.0721. The topological polar surface area (TPSA) is 93.4 Å². The summed E-state index contributed by atoms with van der Waals surface area (Å²) in [7, 11) is 1.75. The molecule has 41 heavy (non-hydrogen) atoms. The zero-order valence-electron chi connectivity index (χ0n) is 23.8. The van der Waals surface area contributed by atoms with E-state index < -0.39 is 0 Å². The van der Waals surface area contributed by atoms with Crippen molar-refractivity contribution in [1.29, 1.82) is 0 Å². The molecular weight excluding hydrogens is 514 g/mol. The van der Waals surface area contributed by atoms with Crippen LogP contribution in [0.1, 0.15) is 52.4 Å². The summed E-state index contributed by atoms with van der Waals surface area (Å²) in [5, 5.41) is 0. The molecular formula is C32H39N7O2. The first-order valence-corrected chi connectivity index (χ1v) is 14.5. The number of methoxy groups -OCH3 is 1. The van der Waals surface area contributed by atoms with Crippen molar-refractivity contribution in [3.63, 3.8) is 0 Å². The van der Waals surface area contributed by atoms with E-state index in [9.17, 15) is 4.79 Å². The molecule has 2 aromatic carbocycles. The second-order valence-electron chi connectivity index (χ2n) is 11.5. The molecule has 0 bridgehead atoms. The summed E-state index contributed by atoms with van der Waals surface area (Å²) in [6.07, 6.45) is 10.7. The number of aromatic nitrogens is 4. The van der Waals surface area contributed by atoms with Gasteiger partial charge in [-0.2, -0.15) is 0 Å². The van der Waals surface area contributed by atoms with Crippen LogP contribution in [0.15, 0.2) is 73.3 Å². The smallest absolute Gasteiger partial charge is 0.254 e. The highest BCUT2D eigenvalue weighted by atomic mass is 16.5. The van der Waals surface area contributed by atoms with E-state index in [0.29, 0.717) is 24.1 Å². The van der Waals surface area contributed by atoms with Crippen LogP contribution >= 0.6 is 0 Å². The van der Waals surface area contributed by atoms with Gasteiger partial charge in [-0.15, -0.1) is 0 Å². The lowest BCUT2D eigenvalue weighted by Gasteiger charge is -2.39. The highest BCUT2D eigenvalue weighted by Crippen LogP contribution is 2.41. The number of hydrogen-bond acceptors (Lipinski definition) is 6. The maximum Gasteiger partial charge on any atom is 0.254 e. The van der Waals surface area contributed by atoms with Crippen LogP contribution in [0.4, 0.5) is 0 Å². The van der Waals surface area contributed by atoms with Crippen molar-refractivity contribution in [1.82, 2.24) is 34.6 Å². The van der Waals surface area contributed by atoms with Crippen LogP contribution in [-0.4, -0.2) is 73.8 Å². The molecule has 2 aliphatic heterocycles. The third kappa shape index (κ3) is 6.52. The predicted octanol–water partition coefficient (Wildman–Crippen LogP) is 4.47. The van der Waals surface area contributed by atoms with Gasteiger partial charge in [0.25, 0.3) is 5.91 Å². The number of amides is 1. The molecule has 1 amide bonds. The van der Waals surface area contributed by atoms with Gasteiger partial charge in [0, 0.05) is 55.5 Å². The fraction of sp³-hybridized carbons (Fsp3) is 0.406. The van der Waals surface area contributed by atoms with Crippen molar-refractivity contribution >= 4 is 5.91 Å². The molecule has 2 N–H and O–H groups in total. The number of ether oxygens (including phenoxy) is 1. The number of hydrogen-bond donors (Lipinski definition) is 2. The van der Waals surface area contributed by atoms with Gasteiger partial charge in [0.1, 0.15) is 17.4 Å². The van der Waals surface area contributed by atoms with Gasteiger partial charge in [-0.25, -0.2) is 9.97 Å². The van der Waals surface area contributed by atoms with Crippen LogP contribution in [0.3, 0.4) is 0 Å². The van der Waals surface area contributed by atoms with E-state index >= 15 is 0 Å². The van der Waals surface area contributed by atoms with E-state index in [-0.39, 0.29) is 5.91 Å². The van der Waals surface area contributed by atoms with E-state index in [1.54, 1.807) is 36.8 Å². The fourth-order valence-electron chi connectivity index (χ4n) is 6.35. The van der Waals surface area contributed by atoms with Crippen LogP contribution in [0.25, 0.3) is 0 Å². The molecule has 4 heterocycles. The SMILES string of the molecule is COc1ccccc1CN1CCC2(CC1)CCN(Cc1ccc(C(=O)N(Cc3ncc[nH]3)Cc3ncc[nH]3)cc1)C2. The number of benzene rings is 2. The van der Waals surface area contributed by atoms with Crippen LogP contribution in [-0.2, 0) is 26.2 Å². The average Bonchev–Trinajstić information content (AvgIpc) is 3.79. The molecule has 2 fully saturated rings. The van der Waals surface area contributed by atoms with Crippen molar-refractivity contribution in [3.8, 4) is 5.75 Å². The van der Waals surface area contributed by atoms with Crippen LogP contribution in [0.2, 0.25) is 0 Å².